The lowest BCUT2D eigenvalue weighted by molar-refractivity contribution is 0.669. The molecule has 11 aromatic carbocycles. The maximum absolute atomic E-state index is 6.26. The van der Waals surface area contributed by atoms with Gasteiger partial charge in [0.05, 0.1) is 16.7 Å². The van der Waals surface area contributed by atoms with Crippen LogP contribution >= 0.6 is 0 Å². The van der Waals surface area contributed by atoms with Crippen LogP contribution in [0.3, 0.4) is 0 Å². The summed E-state index contributed by atoms with van der Waals surface area (Å²) in [4.78, 5) is 16.1. The molecule has 14 rings (SSSR count). The van der Waals surface area contributed by atoms with Gasteiger partial charge in [-0.25, -0.2) is 15.0 Å². The van der Waals surface area contributed by atoms with E-state index in [9.17, 15) is 0 Å². The smallest absolute Gasteiger partial charge is 0.165 e. The van der Waals surface area contributed by atoms with Crippen molar-refractivity contribution in [2.75, 3.05) is 0 Å². The van der Waals surface area contributed by atoms with Gasteiger partial charge in [0, 0.05) is 43.6 Å². The molecule has 0 radical (unpaired) electrons. The molecule has 0 spiro atoms. The summed E-state index contributed by atoms with van der Waals surface area (Å²) in [5.41, 5.74) is 9.92. The highest BCUT2D eigenvalue weighted by Crippen LogP contribution is 2.46. The fourth-order valence-electron chi connectivity index (χ4n) is 10.3. The molecule has 0 N–H and O–H groups in total. The van der Waals surface area contributed by atoms with E-state index in [1.54, 1.807) is 0 Å². The second-order valence-corrected chi connectivity index (χ2v) is 17.1. The van der Waals surface area contributed by atoms with Gasteiger partial charge in [0.2, 0.25) is 0 Å². The molecule has 3 aromatic heterocycles. The predicted molar refractivity (Wildman–Crippen MR) is 273 cm³/mol. The highest BCUT2D eigenvalue weighted by atomic mass is 16.3. The molecule has 0 aliphatic rings. The van der Waals surface area contributed by atoms with E-state index >= 15 is 0 Å². The Hall–Kier alpha value is -8.93. The average Bonchev–Trinajstić information content (AvgIpc) is 3.90. The first-order valence-electron chi connectivity index (χ1n) is 22.3. The average molecular weight is 841 g/mol. The molecule has 0 fully saturated rings. The fraction of sp³-hybridized carbons (Fsp3) is 0. The van der Waals surface area contributed by atoms with E-state index in [1.807, 2.05) is 42.5 Å². The van der Waals surface area contributed by atoms with E-state index in [0.29, 0.717) is 17.5 Å². The van der Waals surface area contributed by atoms with Crippen LogP contribution in [-0.4, -0.2) is 19.5 Å². The number of nitrogens with zero attached hydrogens (tertiary/aromatic N) is 4. The quantitative estimate of drug-likeness (QED) is 0.173. The van der Waals surface area contributed by atoms with Crippen molar-refractivity contribution in [1.82, 2.24) is 19.5 Å². The second-order valence-electron chi connectivity index (χ2n) is 17.1. The molecule has 0 aliphatic carbocycles. The number of para-hydroxylation sites is 1. The van der Waals surface area contributed by atoms with E-state index in [1.165, 1.54) is 32.3 Å². The largest absolute Gasteiger partial charge is 0.456 e. The molecule has 5 heteroatoms. The van der Waals surface area contributed by atoms with Crippen LogP contribution in [0.2, 0.25) is 0 Å². The number of hydrogen-bond acceptors (Lipinski definition) is 4. The van der Waals surface area contributed by atoms with Crippen molar-refractivity contribution in [3.05, 3.63) is 218 Å². The molecular formula is C61H36N4O. The molecule has 306 valence electrons. The minimum absolute atomic E-state index is 0.587. The summed E-state index contributed by atoms with van der Waals surface area (Å²) in [6.45, 7) is 0. The van der Waals surface area contributed by atoms with E-state index < -0.39 is 0 Å². The Balaban J connectivity index is 1.12. The molecule has 3 heterocycles. The fourth-order valence-corrected chi connectivity index (χ4v) is 10.3. The first-order valence-corrected chi connectivity index (χ1v) is 22.3. The zero-order valence-electron chi connectivity index (χ0n) is 35.5. The van der Waals surface area contributed by atoms with Gasteiger partial charge in [-0.3, -0.25) is 0 Å². The van der Waals surface area contributed by atoms with Crippen molar-refractivity contribution in [3.8, 4) is 51.0 Å². The van der Waals surface area contributed by atoms with Crippen molar-refractivity contribution >= 4 is 86.8 Å². The number of rotatable bonds is 5. The summed E-state index contributed by atoms with van der Waals surface area (Å²) < 4.78 is 8.75. The first-order chi connectivity index (χ1) is 32.7. The Morgan fingerprint density at radius 2 is 0.833 bits per heavy atom. The van der Waals surface area contributed by atoms with Crippen molar-refractivity contribution in [2.45, 2.75) is 0 Å². The van der Waals surface area contributed by atoms with Crippen molar-refractivity contribution in [1.29, 1.82) is 0 Å². The van der Waals surface area contributed by atoms with Crippen LogP contribution in [0.15, 0.2) is 223 Å². The minimum Gasteiger partial charge on any atom is -0.456 e. The normalized spacial score (nSPS) is 11.9. The summed E-state index contributed by atoms with van der Waals surface area (Å²) in [6, 6.07) is 77.8. The van der Waals surface area contributed by atoms with Gasteiger partial charge >= 0.3 is 0 Å². The summed E-state index contributed by atoms with van der Waals surface area (Å²) in [5, 5.41) is 13.8. The Morgan fingerprint density at radius 3 is 1.55 bits per heavy atom. The highest BCUT2D eigenvalue weighted by molar-refractivity contribution is 6.19. The third-order valence-corrected chi connectivity index (χ3v) is 13.4. The lowest BCUT2D eigenvalue weighted by atomic mass is 9.89. The number of fused-ring (bicyclic) bond motifs is 10. The number of hydrogen-bond donors (Lipinski definition) is 0. The van der Waals surface area contributed by atoms with Crippen LogP contribution in [0.4, 0.5) is 0 Å². The first kappa shape index (κ1) is 36.5. The van der Waals surface area contributed by atoms with E-state index in [2.05, 4.69) is 180 Å². The molecule has 66 heavy (non-hydrogen) atoms. The Morgan fingerprint density at radius 1 is 0.303 bits per heavy atom. The van der Waals surface area contributed by atoms with E-state index in [0.717, 1.165) is 88.0 Å². The molecular weight excluding hydrogens is 805 g/mol. The van der Waals surface area contributed by atoms with Crippen molar-refractivity contribution in [2.24, 2.45) is 0 Å². The van der Waals surface area contributed by atoms with Gasteiger partial charge in [-0.05, 0) is 103 Å². The Bertz CT molecular complexity index is 4200. The van der Waals surface area contributed by atoms with Crippen LogP contribution in [0.25, 0.3) is 138 Å². The van der Waals surface area contributed by atoms with Crippen LogP contribution in [0, 0.1) is 0 Å². The second kappa shape index (κ2) is 14.3. The van der Waals surface area contributed by atoms with Crippen LogP contribution in [-0.2, 0) is 0 Å². The van der Waals surface area contributed by atoms with Gasteiger partial charge in [-0.2, -0.15) is 0 Å². The number of furan rings is 1. The highest BCUT2D eigenvalue weighted by Gasteiger charge is 2.24. The summed E-state index contributed by atoms with van der Waals surface area (Å²) in [6.07, 6.45) is 0. The molecule has 14 aromatic rings. The lowest BCUT2D eigenvalue weighted by Gasteiger charge is -2.20. The van der Waals surface area contributed by atoms with Gasteiger partial charge in [0.25, 0.3) is 0 Å². The van der Waals surface area contributed by atoms with Crippen LogP contribution in [0.5, 0.6) is 0 Å². The van der Waals surface area contributed by atoms with E-state index in [-0.39, 0.29) is 0 Å². The molecule has 0 bridgehead atoms. The summed E-state index contributed by atoms with van der Waals surface area (Å²) in [7, 11) is 0. The summed E-state index contributed by atoms with van der Waals surface area (Å²) in [5.74, 6) is 1.79. The molecule has 0 unspecified atom stereocenters. The van der Waals surface area contributed by atoms with Crippen molar-refractivity contribution < 1.29 is 4.42 Å². The third-order valence-electron chi connectivity index (χ3n) is 13.4. The molecule has 0 saturated carbocycles. The van der Waals surface area contributed by atoms with Gasteiger partial charge in [-0.15, -0.1) is 0 Å². The molecule has 0 saturated heterocycles. The number of benzene rings is 11. The standard InChI is InChI=1S/C61H36N4O/c1-2-16-38(17-3-1)59-62-60(43-29-30-57-51(33-43)47-25-12-13-28-56(47)66-57)64-61(63-59)58-48-26-11-10-24-46(48)55(36-52(58)45-27-14-22-37-15-8-9-23-44(37)45)65-53-34-41-20-6-4-18-39(41)31-49(53)50-32-40-19-5-7-21-42(40)35-54(50)65/h1-36H. The maximum Gasteiger partial charge on any atom is 0.165 e. The molecule has 5 nitrogen and oxygen atoms in total. The Kier molecular flexibility index (Phi) is 7.91. The van der Waals surface area contributed by atoms with E-state index in [4.69, 9.17) is 19.4 Å². The molecule has 0 amide bonds. The van der Waals surface area contributed by atoms with Gasteiger partial charge in [0.15, 0.2) is 17.5 Å². The lowest BCUT2D eigenvalue weighted by Crippen LogP contribution is -2.04. The topological polar surface area (TPSA) is 56.7 Å². The number of aromatic nitrogens is 4. The van der Waals surface area contributed by atoms with Gasteiger partial charge in [-0.1, -0.05) is 164 Å². The maximum atomic E-state index is 6.26. The van der Waals surface area contributed by atoms with Gasteiger partial charge in [0.1, 0.15) is 11.2 Å². The van der Waals surface area contributed by atoms with Gasteiger partial charge < -0.3 is 8.98 Å². The zero-order chi connectivity index (χ0) is 43.3. The predicted octanol–water partition coefficient (Wildman–Crippen LogP) is 16.1. The SMILES string of the molecule is c1ccc(-c2nc(-c3ccc4oc5ccccc5c4c3)nc(-c3c(-c4cccc5ccccc45)cc(-n4c5cc6ccccc6cc5c5cc6ccccc6cc54)c4ccccc34)n2)cc1. The third kappa shape index (κ3) is 5.63. The zero-order valence-corrected chi connectivity index (χ0v) is 35.5. The minimum atomic E-state index is 0.587. The molecule has 0 aliphatic heterocycles. The van der Waals surface area contributed by atoms with Crippen LogP contribution < -0.4 is 0 Å². The Labute approximate surface area is 378 Å². The monoisotopic (exact) mass is 840 g/mol. The molecule has 0 atom stereocenters. The van der Waals surface area contributed by atoms with Crippen LogP contribution in [0.1, 0.15) is 0 Å². The summed E-state index contributed by atoms with van der Waals surface area (Å²) >= 11 is 0. The van der Waals surface area contributed by atoms with Crippen molar-refractivity contribution in [3.63, 3.8) is 0 Å².